The van der Waals surface area contributed by atoms with Gasteiger partial charge in [0.25, 0.3) is 0 Å². The summed E-state index contributed by atoms with van der Waals surface area (Å²) >= 11 is 6.58. The first-order chi connectivity index (χ1) is 15.0. The fourth-order valence-electron chi connectivity index (χ4n) is 5.28. The minimum absolute atomic E-state index is 0.116. The lowest BCUT2D eigenvalue weighted by molar-refractivity contribution is 0.0922. The summed E-state index contributed by atoms with van der Waals surface area (Å²) < 4.78 is 6.20. The van der Waals surface area contributed by atoms with Crippen molar-refractivity contribution in [3.63, 3.8) is 0 Å². The number of carbonyl (C=O) groups is 2. The lowest BCUT2D eigenvalue weighted by Crippen LogP contribution is -2.52. The van der Waals surface area contributed by atoms with Crippen molar-refractivity contribution < 1.29 is 14.0 Å². The zero-order valence-corrected chi connectivity index (χ0v) is 17.5. The van der Waals surface area contributed by atoms with E-state index in [9.17, 15) is 9.59 Å². The largest absolute Gasteiger partial charge is 0.452 e. The molecule has 1 unspecified atom stereocenters. The van der Waals surface area contributed by atoms with Gasteiger partial charge in [0.1, 0.15) is 5.58 Å². The molecule has 6 rings (SSSR count). The predicted molar refractivity (Wildman–Crippen MR) is 119 cm³/mol. The van der Waals surface area contributed by atoms with Gasteiger partial charge in [-0.1, -0.05) is 30.9 Å². The molecule has 1 aromatic carbocycles. The van der Waals surface area contributed by atoms with E-state index in [1.165, 1.54) is 0 Å². The number of hydrogen-bond donors (Lipinski definition) is 3. The molecule has 4 heterocycles. The molecule has 8 heteroatoms. The van der Waals surface area contributed by atoms with Gasteiger partial charge in [-0.2, -0.15) is 0 Å². The molecule has 31 heavy (non-hydrogen) atoms. The fraction of sp³-hybridized carbons (Fsp3) is 0.348. The monoisotopic (exact) mass is 436 g/mol. The van der Waals surface area contributed by atoms with Gasteiger partial charge in [-0.15, -0.1) is 0 Å². The molecule has 7 nitrogen and oxygen atoms in total. The van der Waals surface area contributed by atoms with Crippen LogP contribution in [0.1, 0.15) is 54.6 Å². The smallest absolute Gasteiger partial charge is 0.319 e. The number of nitrogens with zero attached hydrogens (tertiary/aromatic N) is 1. The summed E-state index contributed by atoms with van der Waals surface area (Å²) in [5.74, 6) is 0.172. The van der Waals surface area contributed by atoms with Gasteiger partial charge in [0, 0.05) is 41.6 Å². The quantitative estimate of drug-likeness (QED) is 0.590. The summed E-state index contributed by atoms with van der Waals surface area (Å²) in [6.07, 6.45) is 10.8. The molecule has 1 saturated carbocycles. The Balaban J connectivity index is 1.44. The highest BCUT2D eigenvalue weighted by Crippen LogP contribution is 2.49. The van der Waals surface area contributed by atoms with Crippen LogP contribution in [-0.2, 0) is 5.54 Å². The Labute approximate surface area is 183 Å². The zero-order chi connectivity index (χ0) is 21.2. The van der Waals surface area contributed by atoms with Crippen LogP contribution in [0.25, 0.3) is 11.0 Å². The highest BCUT2D eigenvalue weighted by atomic mass is 35.5. The molecule has 0 bridgehead atoms. The maximum Gasteiger partial charge on any atom is 0.319 e. The molecule has 0 radical (unpaired) electrons. The SMILES string of the molecule is O=C1Nc2c(Cl)cc3cc(C(=O)C4CC5=CN=CC5=CN4)oc3c2C2(CCCCC2)N1. The molecule has 3 aliphatic heterocycles. The molecule has 1 aliphatic carbocycles. The van der Waals surface area contributed by atoms with Gasteiger partial charge in [-0.3, -0.25) is 9.79 Å². The van der Waals surface area contributed by atoms with Gasteiger partial charge < -0.3 is 20.4 Å². The van der Waals surface area contributed by atoms with Crippen molar-refractivity contribution in [3.8, 4) is 0 Å². The van der Waals surface area contributed by atoms with Crippen molar-refractivity contribution >= 4 is 46.3 Å². The average Bonchev–Trinajstić information content (AvgIpc) is 3.40. The third-order valence-corrected chi connectivity index (χ3v) is 7.07. The first-order valence-corrected chi connectivity index (χ1v) is 11.0. The van der Waals surface area contributed by atoms with Crippen molar-refractivity contribution in [2.24, 2.45) is 4.99 Å². The van der Waals surface area contributed by atoms with Gasteiger partial charge in [0.2, 0.25) is 5.78 Å². The molecule has 158 valence electrons. The summed E-state index contributed by atoms with van der Waals surface area (Å²) in [5.41, 5.74) is 3.60. The van der Waals surface area contributed by atoms with Gasteiger partial charge in [-0.25, -0.2) is 4.79 Å². The maximum absolute atomic E-state index is 13.3. The molecule has 2 aromatic rings. The lowest BCUT2D eigenvalue weighted by Gasteiger charge is -2.42. The van der Waals surface area contributed by atoms with Crippen LogP contribution in [0, 0.1) is 0 Å². The summed E-state index contributed by atoms with van der Waals surface area (Å²) in [6.45, 7) is 0. The summed E-state index contributed by atoms with van der Waals surface area (Å²) in [4.78, 5) is 29.8. The Morgan fingerprint density at radius 2 is 2.06 bits per heavy atom. The molecule has 1 aromatic heterocycles. The van der Waals surface area contributed by atoms with Crippen molar-refractivity contribution in [2.45, 2.75) is 50.1 Å². The van der Waals surface area contributed by atoms with E-state index in [-0.39, 0.29) is 17.6 Å². The Morgan fingerprint density at radius 1 is 1.23 bits per heavy atom. The summed E-state index contributed by atoms with van der Waals surface area (Å²) in [5, 5.41) is 10.4. The number of Topliss-reactive ketones (excluding diaryl/α,β-unsaturated/α-hetero) is 1. The third kappa shape index (κ3) is 2.83. The van der Waals surface area contributed by atoms with Crippen LogP contribution >= 0.6 is 11.6 Å². The Hall–Kier alpha value is -3.06. The van der Waals surface area contributed by atoms with E-state index in [2.05, 4.69) is 20.9 Å². The van der Waals surface area contributed by atoms with Crippen LogP contribution in [0.15, 0.2) is 45.1 Å². The molecule has 3 N–H and O–H groups in total. The van der Waals surface area contributed by atoms with Crippen molar-refractivity contribution in [3.05, 3.63) is 52.0 Å². The fourth-order valence-corrected chi connectivity index (χ4v) is 5.54. The number of furan rings is 1. The Morgan fingerprint density at radius 3 is 2.90 bits per heavy atom. The van der Waals surface area contributed by atoms with E-state index >= 15 is 0 Å². The minimum Gasteiger partial charge on any atom is -0.452 e. The second kappa shape index (κ2) is 6.72. The number of nitrogens with one attached hydrogen (secondary N) is 3. The van der Waals surface area contributed by atoms with Gasteiger partial charge in [0.15, 0.2) is 5.76 Å². The number of amides is 2. The lowest BCUT2D eigenvalue weighted by atomic mass is 9.74. The van der Waals surface area contributed by atoms with Gasteiger partial charge in [0.05, 0.1) is 22.3 Å². The first kappa shape index (κ1) is 18.7. The highest BCUT2D eigenvalue weighted by Gasteiger charge is 2.44. The van der Waals surface area contributed by atoms with E-state index in [1.54, 1.807) is 24.5 Å². The molecule has 2 amide bonds. The number of fused-ring (bicyclic) bond motifs is 5. The number of urea groups is 1. The maximum atomic E-state index is 13.3. The minimum atomic E-state index is -0.524. The van der Waals surface area contributed by atoms with E-state index in [4.69, 9.17) is 16.0 Å². The summed E-state index contributed by atoms with van der Waals surface area (Å²) in [6, 6.07) is 2.86. The summed E-state index contributed by atoms with van der Waals surface area (Å²) in [7, 11) is 0. The molecule has 0 saturated heterocycles. The number of anilines is 1. The molecular weight excluding hydrogens is 416 g/mol. The third-order valence-electron chi connectivity index (χ3n) is 6.77. The number of rotatable bonds is 2. The Bertz CT molecular complexity index is 1230. The van der Waals surface area contributed by atoms with Crippen LogP contribution in [-0.4, -0.2) is 24.1 Å². The molecule has 4 aliphatic rings. The zero-order valence-electron chi connectivity index (χ0n) is 16.8. The van der Waals surface area contributed by atoms with Crippen LogP contribution in [0.5, 0.6) is 0 Å². The normalized spacial score (nSPS) is 23.4. The van der Waals surface area contributed by atoms with Crippen molar-refractivity contribution in [1.82, 2.24) is 10.6 Å². The van der Waals surface area contributed by atoms with E-state index in [1.807, 2.05) is 6.20 Å². The molecular formula is C23H21ClN4O3. The van der Waals surface area contributed by atoms with E-state index < -0.39 is 11.6 Å². The van der Waals surface area contributed by atoms with Crippen LogP contribution < -0.4 is 16.0 Å². The predicted octanol–water partition coefficient (Wildman–Crippen LogP) is 4.78. The number of hydrogen-bond acceptors (Lipinski definition) is 5. The number of carbonyl (C=O) groups excluding carboxylic acids is 2. The van der Waals surface area contributed by atoms with E-state index in [0.717, 1.165) is 54.2 Å². The average molecular weight is 437 g/mol. The molecule has 1 atom stereocenters. The first-order valence-electron chi connectivity index (χ1n) is 10.6. The van der Waals surface area contributed by atoms with Crippen LogP contribution in [0.2, 0.25) is 5.02 Å². The second-order valence-electron chi connectivity index (χ2n) is 8.68. The number of aliphatic imine (C=N–C) groups is 1. The number of benzene rings is 1. The molecule has 1 fully saturated rings. The van der Waals surface area contributed by atoms with E-state index in [0.29, 0.717) is 22.7 Å². The Kier molecular flexibility index (Phi) is 4.05. The van der Waals surface area contributed by atoms with Crippen LogP contribution in [0.3, 0.4) is 0 Å². The van der Waals surface area contributed by atoms with Gasteiger partial charge in [-0.05, 0) is 30.5 Å². The van der Waals surface area contributed by atoms with Crippen molar-refractivity contribution in [1.29, 1.82) is 0 Å². The standard InChI is InChI=1S/C23H21ClN4O3/c24-15-6-12-8-17(20(29)16-7-13-9-25-10-14(13)11-26-16)31-21(12)18-19(15)27-22(30)28-23(18)4-2-1-3-5-23/h6,8-11,16,26H,1-5,7H2,(H2,27,28,30). The van der Waals surface area contributed by atoms with Gasteiger partial charge >= 0.3 is 6.03 Å². The highest BCUT2D eigenvalue weighted by molar-refractivity contribution is 6.35. The number of allylic oxidation sites excluding steroid dienone is 1. The topological polar surface area (TPSA) is 95.7 Å². The van der Waals surface area contributed by atoms with Crippen molar-refractivity contribution in [2.75, 3.05) is 5.32 Å². The number of halogens is 1. The molecule has 1 spiro atoms. The number of ketones is 1. The van der Waals surface area contributed by atoms with Crippen LogP contribution in [0.4, 0.5) is 10.5 Å². The second-order valence-corrected chi connectivity index (χ2v) is 9.09.